The van der Waals surface area contributed by atoms with E-state index in [-0.39, 0.29) is 35.9 Å². The fraction of sp³-hybridized carbons (Fsp3) is 0.400. The minimum absolute atomic E-state index is 0.0280. The number of benzene rings is 2. The fourth-order valence-electron chi connectivity index (χ4n) is 4.09. The van der Waals surface area contributed by atoms with Gasteiger partial charge in [0.05, 0.1) is 5.75 Å². The number of hydrogen-bond donors (Lipinski definition) is 4. The number of nitrogens with one attached hydrogen (secondary N) is 3. The van der Waals surface area contributed by atoms with Gasteiger partial charge in [-0.3, -0.25) is 15.0 Å². The molecule has 10 heteroatoms. The zero-order valence-corrected chi connectivity index (χ0v) is 20.8. The molecule has 1 saturated heterocycles. The van der Waals surface area contributed by atoms with Crippen molar-refractivity contribution in [3.05, 3.63) is 71.3 Å². The molecule has 9 nitrogen and oxygen atoms in total. The summed E-state index contributed by atoms with van der Waals surface area (Å²) >= 11 is 0. The van der Waals surface area contributed by atoms with Crippen LogP contribution in [0, 0.1) is 11.3 Å². The Morgan fingerprint density at radius 3 is 2.34 bits per heavy atom. The summed E-state index contributed by atoms with van der Waals surface area (Å²) in [6.07, 6.45) is 1.18. The number of sulfonamides is 1. The summed E-state index contributed by atoms with van der Waals surface area (Å²) in [4.78, 5) is 27.8. The molecule has 0 unspecified atom stereocenters. The molecule has 1 heterocycles. The van der Waals surface area contributed by atoms with Crippen LogP contribution in [0.5, 0.6) is 0 Å². The first kappa shape index (κ1) is 26.4. The number of nitrogens with zero attached hydrogens (tertiary/aromatic N) is 1. The number of carbonyl (C=O) groups is 2. The van der Waals surface area contributed by atoms with Crippen LogP contribution >= 0.6 is 0 Å². The zero-order chi connectivity index (χ0) is 25.6. The van der Waals surface area contributed by atoms with Crippen molar-refractivity contribution in [2.75, 3.05) is 6.54 Å². The van der Waals surface area contributed by atoms with Gasteiger partial charge in [-0.25, -0.2) is 13.1 Å². The molecule has 2 amide bonds. The first-order chi connectivity index (χ1) is 16.6. The minimum Gasteiger partial charge on any atom is -0.384 e. The zero-order valence-electron chi connectivity index (χ0n) is 20.0. The lowest BCUT2D eigenvalue weighted by Crippen LogP contribution is -2.55. The average molecular weight is 500 g/mol. The molecule has 1 fully saturated rings. The predicted octanol–water partition coefficient (Wildman–Crippen LogP) is 1.72. The van der Waals surface area contributed by atoms with Crippen LogP contribution in [0.25, 0.3) is 0 Å². The van der Waals surface area contributed by atoms with E-state index in [2.05, 4.69) is 10.0 Å². The van der Waals surface area contributed by atoms with Gasteiger partial charge in [-0.15, -0.1) is 0 Å². The molecule has 0 aliphatic carbocycles. The Balaban J connectivity index is 1.65. The molecular formula is C25H33N5O4S. The Hall–Kier alpha value is -3.24. The van der Waals surface area contributed by atoms with E-state index in [9.17, 15) is 18.0 Å². The van der Waals surface area contributed by atoms with Gasteiger partial charge in [0.15, 0.2) is 0 Å². The van der Waals surface area contributed by atoms with Crippen molar-refractivity contribution >= 4 is 27.7 Å². The summed E-state index contributed by atoms with van der Waals surface area (Å²) < 4.78 is 28.2. The van der Waals surface area contributed by atoms with E-state index < -0.39 is 22.1 Å². The number of nitrogen functional groups attached to an aromatic ring is 1. The third-order valence-corrected chi connectivity index (χ3v) is 7.34. The van der Waals surface area contributed by atoms with Gasteiger partial charge >= 0.3 is 0 Å². The summed E-state index contributed by atoms with van der Waals surface area (Å²) in [6, 6.07) is 14.2. The highest BCUT2D eigenvalue weighted by Gasteiger charge is 2.39. The van der Waals surface area contributed by atoms with Crippen LogP contribution < -0.4 is 15.8 Å². The molecule has 0 saturated carbocycles. The van der Waals surface area contributed by atoms with Gasteiger partial charge in [0.25, 0.3) is 0 Å². The molecule has 2 aromatic carbocycles. The quantitative estimate of drug-likeness (QED) is 0.290. The van der Waals surface area contributed by atoms with Crippen molar-refractivity contribution in [2.24, 2.45) is 11.7 Å². The van der Waals surface area contributed by atoms with Crippen molar-refractivity contribution < 1.29 is 18.0 Å². The number of hydrogen-bond acceptors (Lipinski definition) is 5. The highest BCUT2D eigenvalue weighted by molar-refractivity contribution is 7.88. The first-order valence-electron chi connectivity index (χ1n) is 11.6. The maximum atomic E-state index is 13.4. The average Bonchev–Trinajstić information content (AvgIpc) is 3.31. The molecule has 35 heavy (non-hydrogen) atoms. The first-order valence-corrected chi connectivity index (χ1v) is 13.3. The van der Waals surface area contributed by atoms with Crippen LogP contribution in [0.4, 0.5) is 0 Å². The van der Waals surface area contributed by atoms with Gasteiger partial charge in [-0.1, -0.05) is 68.4 Å². The third-order valence-electron chi connectivity index (χ3n) is 6.01. The lowest BCUT2D eigenvalue weighted by molar-refractivity contribution is -0.140. The Bertz CT molecular complexity index is 1150. The lowest BCUT2D eigenvalue weighted by Gasteiger charge is -2.30. The van der Waals surface area contributed by atoms with E-state index in [1.165, 1.54) is 4.90 Å². The Morgan fingerprint density at radius 1 is 1.09 bits per heavy atom. The second kappa shape index (κ2) is 11.5. The van der Waals surface area contributed by atoms with E-state index in [0.717, 1.165) is 5.56 Å². The van der Waals surface area contributed by atoms with Gasteiger partial charge in [-0.05, 0) is 29.9 Å². The van der Waals surface area contributed by atoms with Crippen LogP contribution in [0.1, 0.15) is 43.4 Å². The van der Waals surface area contributed by atoms with Crippen molar-refractivity contribution in [1.82, 2.24) is 14.9 Å². The summed E-state index contributed by atoms with van der Waals surface area (Å²) in [5.41, 5.74) is 7.54. The van der Waals surface area contributed by atoms with Gasteiger partial charge < -0.3 is 16.0 Å². The molecule has 2 atom stereocenters. The Labute approximate surface area is 206 Å². The standard InChI is InChI=1S/C25H33N5O4S/c1-17(2)22(29-35(33,34)16-19-7-4-3-5-8-19)25(32)30-14-6-9-21(30)24(31)28-15-18-10-12-20(13-11-18)23(26)27/h3-5,7-8,10-13,17,21-22,29H,6,9,14-16H2,1-2H3,(H3,26,27)(H,28,31)/t21-,22+/m0/s1. The maximum Gasteiger partial charge on any atom is 0.243 e. The van der Waals surface area contributed by atoms with E-state index >= 15 is 0 Å². The molecule has 5 N–H and O–H groups in total. The minimum atomic E-state index is -3.77. The summed E-state index contributed by atoms with van der Waals surface area (Å²) in [6.45, 7) is 4.23. The number of rotatable bonds is 10. The molecule has 3 rings (SSSR count). The fourth-order valence-corrected chi connectivity index (χ4v) is 5.57. The molecular weight excluding hydrogens is 466 g/mol. The van der Waals surface area contributed by atoms with Crippen LogP contribution in [0.2, 0.25) is 0 Å². The number of nitrogens with two attached hydrogens (primary N) is 1. The molecule has 0 aromatic heterocycles. The van der Waals surface area contributed by atoms with Crippen LogP contribution in [-0.2, 0) is 31.9 Å². The molecule has 0 radical (unpaired) electrons. The van der Waals surface area contributed by atoms with E-state index in [0.29, 0.717) is 30.5 Å². The number of amidine groups is 1. The highest BCUT2D eigenvalue weighted by Crippen LogP contribution is 2.21. The summed E-state index contributed by atoms with van der Waals surface area (Å²) in [5.74, 6) is -1.21. The monoisotopic (exact) mass is 499 g/mol. The van der Waals surface area contributed by atoms with Crippen molar-refractivity contribution in [1.29, 1.82) is 5.41 Å². The molecule has 1 aliphatic heterocycles. The van der Waals surface area contributed by atoms with Gasteiger partial charge in [-0.2, -0.15) is 0 Å². The number of amides is 2. The SMILES string of the molecule is CC(C)[C@@H](NS(=O)(=O)Cc1ccccc1)C(=O)N1CCC[C@H]1C(=O)NCc1ccc(C(=N)N)cc1. The van der Waals surface area contributed by atoms with Crippen molar-refractivity contribution in [3.8, 4) is 0 Å². The normalized spacial score (nSPS) is 16.8. The second-order valence-electron chi connectivity index (χ2n) is 9.10. The van der Waals surface area contributed by atoms with E-state index in [1.807, 2.05) is 6.07 Å². The smallest absolute Gasteiger partial charge is 0.243 e. The molecule has 2 aromatic rings. The van der Waals surface area contributed by atoms with E-state index in [1.54, 1.807) is 62.4 Å². The number of carbonyl (C=O) groups excluding carboxylic acids is 2. The van der Waals surface area contributed by atoms with Crippen molar-refractivity contribution in [3.63, 3.8) is 0 Å². The topological polar surface area (TPSA) is 145 Å². The Morgan fingerprint density at radius 2 is 1.74 bits per heavy atom. The van der Waals surface area contributed by atoms with Gasteiger partial charge in [0.2, 0.25) is 21.8 Å². The molecule has 0 bridgehead atoms. The second-order valence-corrected chi connectivity index (χ2v) is 10.9. The van der Waals surface area contributed by atoms with Gasteiger partial charge in [0.1, 0.15) is 17.9 Å². The van der Waals surface area contributed by atoms with Crippen LogP contribution in [-0.4, -0.2) is 49.6 Å². The maximum absolute atomic E-state index is 13.4. The van der Waals surface area contributed by atoms with Gasteiger partial charge in [0, 0.05) is 18.7 Å². The van der Waals surface area contributed by atoms with Crippen LogP contribution in [0.15, 0.2) is 54.6 Å². The lowest BCUT2D eigenvalue weighted by atomic mass is 10.0. The molecule has 0 spiro atoms. The predicted molar refractivity (Wildman–Crippen MR) is 135 cm³/mol. The third kappa shape index (κ3) is 7.12. The summed E-state index contributed by atoms with van der Waals surface area (Å²) in [7, 11) is -3.77. The highest BCUT2D eigenvalue weighted by atomic mass is 32.2. The van der Waals surface area contributed by atoms with Crippen molar-refractivity contribution in [2.45, 2.75) is 51.1 Å². The number of likely N-dealkylation sites (tertiary alicyclic amines) is 1. The van der Waals surface area contributed by atoms with Crippen LogP contribution in [0.3, 0.4) is 0 Å². The molecule has 1 aliphatic rings. The largest absolute Gasteiger partial charge is 0.384 e. The van der Waals surface area contributed by atoms with E-state index in [4.69, 9.17) is 11.1 Å². The Kier molecular flexibility index (Phi) is 8.63. The molecule has 188 valence electrons. The summed E-state index contributed by atoms with van der Waals surface area (Å²) in [5, 5.41) is 10.3.